The van der Waals surface area contributed by atoms with Crippen molar-refractivity contribution in [2.24, 2.45) is 0 Å². The molecular formula is C27H29NO9. The molecule has 10 nitrogen and oxygen atoms in total. The maximum absolute atomic E-state index is 13.1. The van der Waals surface area contributed by atoms with Gasteiger partial charge in [-0.3, -0.25) is 0 Å². The van der Waals surface area contributed by atoms with Crippen LogP contribution in [-0.2, 0) is 49.4 Å². The highest BCUT2D eigenvalue weighted by Gasteiger charge is 2.59. The number of ether oxygens (including phenoxy) is 5. The second kappa shape index (κ2) is 11.7. The fourth-order valence-electron chi connectivity index (χ4n) is 4.59. The van der Waals surface area contributed by atoms with Gasteiger partial charge in [-0.05, 0) is 18.1 Å². The van der Waals surface area contributed by atoms with Crippen molar-refractivity contribution in [3.8, 4) is 0 Å². The Morgan fingerprint density at radius 3 is 2.27 bits per heavy atom. The van der Waals surface area contributed by atoms with Gasteiger partial charge in [0.15, 0.2) is 0 Å². The molecular weight excluding hydrogens is 482 g/mol. The minimum absolute atomic E-state index is 0.00198. The summed E-state index contributed by atoms with van der Waals surface area (Å²) in [6.07, 6.45) is 5.16. The van der Waals surface area contributed by atoms with E-state index in [1.165, 1.54) is 28.4 Å². The highest BCUT2D eigenvalue weighted by Crippen LogP contribution is 2.49. The molecule has 196 valence electrons. The van der Waals surface area contributed by atoms with E-state index < -0.39 is 41.6 Å². The summed E-state index contributed by atoms with van der Waals surface area (Å²) in [5, 5.41) is 0. The van der Waals surface area contributed by atoms with Crippen molar-refractivity contribution in [2.45, 2.75) is 30.7 Å². The van der Waals surface area contributed by atoms with E-state index in [0.29, 0.717) is 0 Å². The van der Waals surface area contributed by atoms with E-state index in [4.69, 9.17) is 23.7 Å². The van der Waals surface area contributed by atoms with Gasteiger partial charge in [-0.2, -0.15) is 0 Å². The first-order valence-corrected chi connectivity index (χ1v) is 11.4. The van der Waals surface area contributed by atoms with Gasteiger partial charge in [-0.1, -0.05) is 42.5 Å². The van der Waals surface area contributed by atoms with Crippen molar-refractivity contribution in [3.05, 3.63) is 83.6 Å². The third-order valence-corrected chi connectivity index (χ3v) is 6.20. The molecule has 0 N–H and O–H groups in total. The summed E-state index contributed by atoms with van der Waals surface area (Å²) in [5.41, 5.74) is -0.965. The third-order valence-electron chi connectivity index (χ3n) is 6.20. The van der Waals surface area contributed by atoms with Gasteiger partial charge in [0, 0.05) is 6.54 Å². The predicted octanol–water partition coefficient (Wildman–Crippen LogP) is 2.01. The van der Waals surface area contributed by atoms with Crippen molar-refractivity contribution in [2.75, 3.05) is 28.4 Å². The molecule has 3 rings (SSSR count). The zero-order chi connectivity index (χ0) is 27.2. The lowest BCUT2D eigenvalue weighted by molar-refractivity contribution is -0.142. The minimum Gasteiger partial charge on any atom is -0.466 e. The molecule has 2 aliphatic rings. The van der Waals surface area contributed by atoms with E-state index in [2.05, 4.69) is 6.58 Å². The van der Waals surface area contributed by atoms with Gasteiger partial charge in [0.1, 0.15) is 17.4 Å². The van der Waals surface area contributed by atoms with E-state index in [0.717, 1.165) is 11.6 Å². The quantitative estimate of drug-likeness (QED) is 0.189. The normalized spacial score (nSPS) is 20.8. The van der Waals surface area contributed by atoms with Crippen molar-refractivity contribution in [3.63, 3.8) is 0 Å². The summed E-state index contributed by atoms with van der Waals surface area (Å²) in [7, 11) is 4.75. The van der Waals surface area contributed by atoms with Crippen LogP contribution in [0.25, 0.3) is 0 Å². The molecule has 2 unspecified atom stereocenters. The van der Waals surface area contributed by atoms with Crippen LogP contribution in [0.4, 0.5) is 0 Å². The summed E-state index contributed by atoms with van der Waals surface area (Å²) in [5.74, 6) is -3.15. The fraction of sp³-hybridized carbons (Fsp3) is 0.333. The first-order chi connectivity index (χ1) is 17.8. The van der Waals surface area contributed by atoms with Crippen LogP contribution in [0.1, 0.15) is 12.0 Å². The van der Waals surface area contributed by atoms with Gasteiger partial charge in [0.05, 0.1) is 51.7 Å². The first-order valence-electron chi connectivity index (χ1n) is 11.4. The smallest absolute Gasteiger partial charge is 0.354 e. The Labute approximate surface area is 214 Å². The van der Waals surface area contributed by atoms with E-state index in [1.807, 2.05) is 30.3 Å². The molecule has 10 heteroatoms. The van der Waals surface area contributed by atoms with Gasteiger partial charge in [-0.25, -0.2) is 19.2 Å². The maximum Gasteiger partial charge on any atom is 0.354 e. The Morgan fingerprint density at radius 1 is 1.03 bits per heavy atom. The number of methoxy groups -OCH3 is 4. The average Bonchev–Trinajstić information content (AvgIpc) is 3.50. The molecule has 37 heavy (non-hydrogen) atoms. The molecule has 0 radical (unpaired) electrons. The van der Waals surface area contributed by atoms with Crippen LogP contribution >= 0.6 is 0 Å². The first kappa shape index (κ1) is 27.4. The molecule has 0 amide bonds. The third kappa shape index (κ3) is 5.19. The van der Waals surface area contributed by atoms with E-state index in [9.17, 15) is 19.2 Å². The molecule has 0 fully saturated rings. The zero-order valence-electron chi connectivity index (χ0n) is 21.1. The number of benzene rings is 1. The number of carbonyl (C=O) groups is 4. The molecule has 2 heterocycles. The summed E-state index contributed by atoms with van der Waals surface area (Å²) < 4.78 is 26.0. The Bertz CT molecular complexity index is 1170. The van der Waals surface area contributed by atoms with Crippen molar-refractivity contribution < 1.29 is 42.9 Å². The summed E-state index contributed by atoms with van der Waals surface area (Å²) in [4.78, 5) is 52.7. The molecule has 0 aliphatic carbocycles. The van der Waals surface area contributed by atoms with Crippen molar-refractivity contribution in [1.29, 1.82) is 0 Å². The molecule has 3 atom stereocenters. The molecule has 1 aromatic rings. The number of hydrogen-bond donors (Lipinski definition) is 0. The number of carbonyl (C=O) groups excluding carboxylic acids is 4. The second-order valence-corrected chi connectivity index (χ2v) is 8.16. The van der Waals surface area contributed by atoms with Crippen LogP contribution in [0.3, 0.4) is 0 Å². The minimum atomic E-state index is -1.55. The molecule has 0 aromatic heterocycles. The molecule has 2 aliphatic heterocycles. The van der Waals surface area contributed by atoms with Crippen molar-refractivity contribution in [1.82, 2.24) is 4.90 Å². The number of fused-ring (bicyclic) bond motifs is 2. The Kier molecular flexibility index (Phi) is 8.67. The average molecular weight is 512 g/mol. The fourth-order valence-corrected chi connectivity index (χ4v) is 4.59. The Balaban J connectivity index is 2.29. The molecule has 0 saturated heterocycles. The second-order valence-electron chi connectivity index (χ2n) is 8.16. The van der Waals surface area contributed by atoms with Gasteiger partial charge >= 0.3 is 23.9 Å². The lowest BCUT2D eigenvalue weighted by Gasteiger charge is -2.43. The van der Waals surface area contributed by atoms with Gasteiger partial charge in [0.25, 0.3) is 0 Å². The van der Waals surface area contributed by atoms with Crippen LogP contribution in [0.2, 0.25) is 0 Å². The van der Waals surface area contributed by atoms with Crippen LogP contribution in [-0.4, -0.2) is 75.0 Å². The van der Waals surface area contributed by atoms with Crippen molar-refractivity contribution >= 4 is 23.9 Å². The number of hydrogen-bond acceptors (Lipinski definition) is 10. The van der Waals surface area contributed by atoms with Gasteiger partial charge < -0.3 is 28.6 Å². The van der Waals surface area contributed by atoms with Crippen LogP contribution in [0, 0.1) is 0 Å². The monoisotopic (exact) mass is 511 g/mol. The lowest BCUT2D eigenvalue weighted by Crippen LogP contribution is -2.54. The summed E-state index contributed by atoms with van der Waals surface area (Å²) in [6.45, 7) is 3.94. The number of rotatable bonds is 11. The van der Waals surface area contributed by atoms with E-state index in [1.54, 1.807) is 23.1 Å². The number of nitrogens with zero attached hydrogens (tertiary/aromatic N) is 1. The van der Waals surface area contributed by atoms with E-state index in [-0.39, 0.29) is 29.8 Å². The topological polar surface area (TPSA) is 118 Å². The lowest BCUT2D eigenvalue weighted by atomic mass is 9.79. The highest BCUT2D eigenvalue weighted by atomic mass is 16.6. The Hall–Kier alpha value is -4.18. The summed E-state index contributed by atoms with van der Waals surface area (Å²) >= 11 is 0. The van der Waals surface area contributed by atoms with Crippen LogP contribution in [0.15, 0.2) is 78.1 Å². The highest BCUT2D eigenvalue weighted by molar-refractivity contribution is 6.05. The molecule has 2 bridgehead atoms. The van der Waals surface area contributed by atoms with Crippen LogP contribution < -0.4 is 0 Å². The zero-order valence-corrected chi connectivity index (χ0v) is 21.1. The number of esters is 4. The SMILES string of the molecule is C=CC[C@H](N(Cc1ccccc1)/C(=C\C(=O)OC)C(=O)OC)C12C=CC(O1)C(C(=O)OC)=C2C(=O)OC. The molecule has 0 saturated carbocycles. The standard InChI is InChI=1S/C27H29NO9/c1-6-10-20(27-14-13-19(37-27)22(25(31)35-4)23(27)26(32)36-5)28(16-17-11-8-7-9-12-17)18(24(30)34-3)15-21(29)33-2/h6-9,11-15,19-20H,1,10,16H2,2-5H3/b18-15-/t19?,20-,27?/m0/s1. The van der Waals surface area contributed by atoms with Gasteiger partial charge in [-0.15, -0.1) is 6.58 Å². The molecule has 1 aromatic carbocycles. The largest absolute Gasteiger partial charge is 0.466 e. The molecule has 0 spiro atoms. The van der Waals surface area contributed by atoms with Crippen LogP contribution in [0.5, 0.6) is 0 Å². The maximum atomic E-state index is 13.1. The Morgan fingerprint density at radius 2 is 1.70 bits per heavy atom. The van der Waals surface area contributed by atoms with E-state index >= 15 is 0 Å². The van der Waals surface area contributed by atoms with Gasteiger partial charge in [0.2, 0.25) is 0 Å². The summed E-state index contributed by atoms with van der Waals surface area (Å²) in [6, 6.07) is 8.29. The predicted molar refractivity (Wildman–Crippen MR) is 131 cm³/mol.